The molecule has 1 saturated heterocycles. The molecule has 1 fully saturated rings. The zero-order valence-electron chi connectivity index (χ0n) is 10.5. The molecule has 1 N–H and O–H groups in total. The third-order valence-corrected chi connectivity index (χ3v) is 6.06. The summed E-state index contributed by atoms with van der Waals surface area (Å²) in [5.41, 5.74) is 0.961. The van der Waals surface area contributed by atoms with E-state index in [9.17, 15) is 4.21 Å². The van der Waals surface area contributed by atoms with Gasteiger partial charge in [0.05, 0.1) is 21.0 Å². The highest BCUT2D eigenvalue weighted by atomic mass is 35.5. The molecule has 0 saturated carbocycles. The SMILES string of the molecule is Cl.O=S(CC1CCCCN1)c1nc2ccccc2s1. The summed E-state index contributed by atoms with van der Waals surface area (Å²) in [7, 11) is -0.969. The van der Waals surface area contributed by atoms with Crippen molar-refractivity contribution < 1.29 is 4.21 Å². The van der Waals surface area contributed by atoms with E-state index in [0.717, 1.165) is 27.5 Å². The third kappa shape index (κ3) is 3.54. The topological polar surface area (TPSA) is 42.0 Å². The van der Waals surface area contributed by atoms with Crippen LogP contribution in [0.4, 0.5) is 0 Å². The van der Waals surface area contributed by atoms with Crippen LogP contribution in [0.2, 0.25) is 0 Å². The van der Waals surface area contributed by atoms with Crippen molar-refractivity contribution in [2.75, 3.05) is 12.3 Å². The Bertz CT molecular complexity index is 534. The van der Waals surface area contributed by atoms with Crippen molar-refractivity contribution in [2.45, 2.75) is 29.6 Å². The van der Waals surface area contributed by atoms with Gasteiger partial charge in [0.1, 0.15) is 0 Å². The van der Waals surface area contributed by atoms with Crippen LogP contribution in [0.25, 0.3) is 10.2 Å². The van der Waals surface area contributed by atoms with Crippen molar-refractivity contribution in [3.63, 3.8) is 0 Å². The number of rotatable bonds is 3. The number of benzene rings is 1. The second-order valence-electron chi connectivity index (χ2n) is 4.61. The molecule has 0 bridgehead atoms. The molecule has 6 heteroatoms. The van der Waals surface area contributed by atoms with E-state index in [0.29, 0.717) is 11.8 Å². The molecule has 1 aromatic carbocycles. The summed E-state index contributed by atoms with van der Waals surface area (Å²) >= 11 is 1.55. The van der Waals surface area contributed by atoms with Crippen molar-refractivity contribution in [3.8, 4) is 0 Å². The smallest absolute Gasteiger partial charge is 0.181 e. The Hall–Kier alpha value is -0.490. The molecule has 0 spiro atoms. The van der Waals surface area contributed by atoms with Gasteiger partial charge < -0.3 is 5.32 Å². The van der Waals surface area contributed by atoms with Crippen molar-refractivity contribution in [1.82, 2.24) is 10.3 Å². The highest BCUT2D eigenvalue weighted by Gasteiger charge is 2.18. The van der Waals surface area contributed by atoms with Gasteiger partial charge in [-0.1, -0.05) is 18.6 Å². The summed E-state index contributed by atoms with van der Waals surface area (Å²) in [6.07, 6.45) is 3.62. The van der Waals surface area contributed by atoms with E-state index in [1.165, 1.54) is 12.8 Å². The van der Waals surface area contributed by atoms with Crippen LogP contribution in [0.15, 0.2) is 28.6 Å². The monoisotopic (exact) mass is 316 g/mol. The van der Waals surface area contributed by atoms with Crippen LogP contribution in [0.5, 0.6) is 0 Å². The number of hydrogen-bond donors (Lipinski definition) is 1. The molecule has 3 rings (SSSR count). The number of nitrogens with zero attached hydrogens (tertiary/aromatic N) is 1. The Balaban J connectivity index is 0.00000133. The molecule has 19 heavy (non-hydrogen) atoms. The molecule has 2 unspecified atom stereocenters. The van der Waals surface area contributed by atoms with Crippen LogP contribution >= 0.6 is 23.7 Å². The highest BCUT2D eigenvalue weighted by molar-refractivity contribution is 7.87. The van der Waals surface area contributed by atoms with Crippen molar-refractivity contribution in [1.29, 1.82) is 0 Å². The average Bonchev–Trinajstić information content (AvgIpc) is 2.84. The second-order valence-corrected chi connectivity index (χ2v) is 7.31. The van der Waals surface area contributed by atoms with E-state index < -0.39 is 10.8 Å². The lowest BCUT2D eigenvalue weighted by molar-refractivity contribution is 0.427. The molecule has 1 aliphatic rings. The Kier molecular flexibility index (Phi) is 5.33. The van der Waals surface area contributed by atoms with Crippen molar-refractivity contribution in [3.05, 3.63) is 24.3 Å². The maximum absolute atomic E-state index is 12.3. The van der Waals surface area contributed by atoms with Gasteiger partial charge in [-0.15, -0.1) is 23.7 Å². The van der Waals surface area contributed by atoms with Gasteiger partial charge in [-0.25, -0.2) is 4.98 Å². The molecule has 2 atom stereocenters. The van der Waals surface area contributed by atoms with Crippen LogP contribution in [-0.4, -0.2) is 27.5 Å². The minimum absolute atomic E-state index is 0. The lowest BCUT2D eigenvalue weighted by atomic mass is 10.1. The number of aromatic nitrogens is 1. The Labute approximate surface area is 125 Å². The normalized spacial score (nSPS) is 20.9. The minimum Gasteiger partial charge on any atom is -0.313 e. The fourth-order valence-electron chi connectivity index (χ4n) is 2.27. The first-order valence-corrected chi connectivity index (χ1v) is 8.44. The van der Waals surface area contributed by atoms with Gasteiger partial charge in [-0.2, -0.15) is 0 Å². The van der Waals surface area contributed by atoms with E-state index >= 15 is 0 Å². The largest absolute Gasteiger partial charge is 0.313 e. The standard InChI is InChI=1S/C13H16N2OS2.ClH/c16-18(9-10-5-3-4-8-14-10)13-15-11-6-1-2-7-12(11)17-13;/h1-2,6-7,10,14H,3-5,8-9H2;1H. The van der Waals surface area contributed by atoms with E-state index in [2.05, 4.69) is 10.3 Å². The summed E-state index contributed by atoms with van der Waals surface area (Å²) in [5.74, 6) is 0.694. The van der Waals surface area contributed by atoms with Gasteiger partial charge in [0, 0.05) is 11.8 Å². The van der Waals surface area contributed by atoms with Gasteiger partial charge in [-0.05, 0) is 31.5 Å². The van der Waals surface area contributed by atoms with Crippen LogP contribution in [0.1, 0.15) is 19.3 Å². The summed E-state index contributed by atoms with van der Waals surface area (Å²) in [4.78, 5) is 4.47. The van der Waals surface area contributed by atoms with E-state index in [1.807, 2.05) is 24.3 Å². The van der Waals surface area contributed by atoms with Crippen LogP contribution in [0.3, 0.4) is 0 Å². The molecule has 0 amide bonds. The summed E-state index contributed by atoms with van der Waals surface area (Å²) in [6, 6.07) is 8.37. The molecule has 1 aromatic heterocycles. The second kappa shape index (κ2) is 6.79. The quantitative estimate of drug-likeness (QED) is 0.946. The molecule has 0 radical (unpaired) electrons. The van der Waals surface area contributed by atoms with E-state index in [1.54, 1.807) is 11.3 Å². The lowest BCUT2D eigenvalue weighted by Gasteiger charge is -2.22. The maximum atomic E-state index is 12.3. The minimum atomic E-state index is -0.969. The van der Waals surface area contributed by atoms with Crippen LogP contribution in [0, 0.1) is 0 Å². The summed E-state index contributed by atoms with van der Waals surface area (Å²) in [5, 5.41) is 3.44. The number of para-hydroxylation sites is 1. The number of thiazole rings is 1. The molecular weight excluding hydrogens is 300 g/mol. The number of nitrogens with one attached hydrogen (secondary N) is 1. The highest BCUT2D eigenvalue weighted by Crippen LogP contribution is 2.24. The molecule has 3 nitrogen and oxygen atoms in total. The Morgan fingerprint density at radius 3 is 2.95 bits per heavy atom. The molecule has 0 aliphatic carbocycles. The molecule has 1 aliphatic heterocycles. The fraction of sp³-hybridized carbons (Fsp3) is 0.462. The van der Waals surface area contributed by atoms with Crippen LogP contribution in [-0.2, 0) is 10.8 Å². The predicted octanol–water partition coefficient (Wildman–Crippen LogP) is 2.97. The van der Waals surface area contributed by atoms with E-state index in [4.69, 9.17) is 0 Å². The molecule has 2 aromatic rings. The first-order chi connectivity index (χ1) is 8.83. The van der Waals surface area contributed by atoms with Gasteiger partial charge in [-0.3, -0.25) is 4.21 Å². The lowest BCUT2D eigenvalue weighted by Crippen LogP contribution is -2.38. The third-order valence-electron chi connectivity index (χ3n) is 3.23. The molecule has 2 heterocycles. The summed E-state index contributed by atoms with van der Waals surface area (Å²) in [6.45, 7) is 1.06. The summed E-state index contributed by atoms with van der Waals surface area (Å²) < 4.78 is 14.2. The Morgan fingerprint density at radius 1 is 1.37 bits per heavy atom. The zero-order valence-corrected chi connectivity index (χ0v) is 13.0. The Morgan fingerprint density at radius 2 is 2.21 bits per heavy atom. The first kappa shape index (κ1) is 14.9. The first-order valence-electron chi connectivity index (χ1n) is 6.30. The maximum Gasteiger partial charge on any atom is 0.181 e. The van der Waals surface area contributed by atoms with Gasteiger partial charge in [0.2, 0.25) is 0 Å². The molecule has 104 valence electrons. The van der Waals surface area contributed by atoms with Crippen LogP contribution < -0.4 is 5.32 Å². The predicted molar refractivity (Wildman–Crippen MR) is 83.8 cm³/mol. The number of halogens is 1. The number of piperidine rings is 1. The van der Waals surface area contributed by atoms with E-state index in [-0.39, 0.29) is 12.4 Å². The van der Waals surface area contributed by atoms with Gasteiger partial charge >= 0.3 is 0 Å². The van der Waals surface area contributed by atoms with Gasteiger partial charge in [0.15, 0.2) is 4.34 Å². The van der Waals surface area contributed by atoms with Crippen molar-refractivity contribution in [2.24, 2.45) is 0 Å². The molecular formula is C13H17ClN2OS2. The fourth-order valence-corrected chi connectivity index (χ4v) is 4.80. The number of hydrogen-bond acceptors (Lipinski definition) is 4. The number of fused-ring (bicyclic) bond motifs is 1. The average molecular weight is 317 g/mol. The van der Waals surface area contributed by atoms with Gasteiger partial charge in [0.25, 0.3) is 0 Å². The zero-order chi connectivity index (χ0) is 12.4. The van der Waals surface area contributed by atoms with Crippen molar-refractivity contribution >= 4 is 44.8 Å².